The fraction of sp³-hybridized carbons (Fsp3) is 0.667. The van der Waals surface area contributed by atoms with E-state index in [1.54, 1.807) is 0 Å². The molecule has 0 spiro atoms. The minimum absolute atomic E-state index is 0.470. The molecule has 3 unspecified atom stereocenters. The second kappa shape index (κ2) is 7.80. The summed E-state index contributed by atoms with van der Waals surface area (Å²) in [5.74, 6) is 1.81. The van der Waals surface area contributed by atoms with Crippen LogP contribution in [0, 0.1) is 11.8 Å². The lowest BCUT2D eigenvalue weighted by Gasteiger charge is -2.29. The van der Waals surface area contributed by atoms with Gasteiger partial charge in [-0.15, -0.1) is 0 Å². The van der Waals surface area contributed by atoms with E-state index >= 15 is 0 Å². The summed E-state index contributed by atoms with van der Waals surface area (Å²) in [6, 6.07) is 11.3. The van der Waals surface area contributed by atoms with Crippen molar-refractivity contribution in [2.75, 3.05) is 27.2 Å². The Morgan fingerprint density at radius 1 is 1.20 bits per heavy atom. The molecule has 2 rings (SSSR count). The van der Waals surface area contributed by atoms with Crippen molar-refractivity contribution >= 4 is 0 Å². The maximum atomic E-state index is 3.71. The van der Waals surface area contributed by atoms with E-state index in [9.17, 15) is 0 Å². The number of benzene rings is 1. The van der Waals surface area contributed by atoms with Crippen molar-refractivity contribution in [3.05, 3.63) is 35.9 Å². The normalized spacial score (nSPS) is 24.8. The molecule has 0 radical (unpaired) electrons. The summed E-state index contributed by atoms with van der Waals surface area (Å²) in [5, 5.41) is 3.71. The molecule has 1 aromatic carbocycles. The van der Waals surface area contributed by atoms with E-state index in [2.05, 4.69) is 61.6 Å². The van der Waals surface area contributed by atoms with Crippen molar-refractivity contribution in [2.45, 2.75) is 38.6 Å². The quantitative estimate of drug-likeness (QED) is 0.851. The summed E-state index contributed by atoms with van der Waals surface area (Å²) >= 11 is 0. The summed E-state index contributed by atoms with van der Waals surface area (Å²) in [6.45, 7) is 4.63. The van der Waals surface area contributed by atoms with Crippen LogP contribution in [0.25, 0.3) is 0 Å². The van der Waals surface area contributed by atoms with Crippen molar-refractivity contribution in [3.63, 3.8) is 0 Å². The summed E-state index contributed by atoms with van der Waals surface area (Å²) in [7, 11) is 4.34. The Hall–Kier alpha value is -0.860. The van der Waals surface area contributed by atoms with Gasteiger partial charge in [-0.25, -0.2) is 0 Å². The molecule has 1 saturated carbocycles. The Balaban J connectivity index is 1.81. The summed E-state index contributed by atoms with van der Waals surface area (Å²) < 4.78 is 0. The fourth-order valence-electron chi connectivity index (χ4n) is 3.44. The third kappa shape index (κ3) is 4.60. The van der Waals surface area contributed by atoms with Gasteiger partial charge < -0.3 is 10.2 Å². The maximum Gasteiger partial charge on any atom is 0.0466 e. The minimum Gasteiger partial charge on any atom is -0.315 e. The topological polar surface area (TPSA) is 15.3 Å². The van der Waals surface area contributed by atoms with Crippen LogP contribution in [0.1, 0.15) is 44.2 Å². The third-order valence-electron chi connectivity index (χ3n) is 4.62. The van der Waals surface area contributed by atoms with E-state index in [1.807, 2.05) is 0 Å². The Labute approximate surface area is 124 Å². The number of hydrogen-bond acceptors (Lipinski definition) is 2. The molecule has 1 aromatic rings. The predicted molar refractivity (Wildman–Crippen MR) is 86.9 cm³/mol. The van der Waals surface area contributed by atoms with Crippen LogP contribution in [0.2, 0.25) is 0 Å². The van der Waals surface area contributed by atoms with Crippen molar-refractivity contribution in [2.24, 2.45) is 11.8 Å². The molecule has 0 amide bonds. The van der Waals surface area contributed by atoms with Crippen LogP contribution in [-0.2, 0) is 0 Å². The van der Waals surface area contributed by atoms with E-state index in [1.165, 1.54) is 37.8 Å². The van der Waals surface area contributed by atoms with Gasteiger partial charge in [-0.1, -0.05) is 50.1 Å². The Kier molecular flexibility index (Phi) is 6.06. The van der Waals surface area contributed by atoms with Crippen LogP contribution in [0.15, 0.2) is 30.3 Å². The molecule has 0 heterocycles. The van der Waals surface area contributed by atoms with Crippen LogP contribution in [0.4, 0.5) is 0 Å². The van der Waals surface area contributed by atoms with Gasteiger partial charge in [-0.05, 0) is 50.9 Å². The first kappa shape index (κ1) is 15.5. The van der Waals surface area contributed by atoms with E-state index in [4.69, 9.17) is 0 Å². The first-order valence-corrected chi connectivity index (χ1v) is 8.09. The van der Waals surface area contributed by atoms with Gasteiger partial charge in [-0.3, -0.25) is 0 Å². The first-order valence-electron chi connectivity index (χ1n) is 8.09. The smallest absolute Gasteiger partial charge is 0.0466 e. The van der Waals surface area contributed by atoms with Crippen LogP contribution >= 0.6 is 0 Å². The van der Waals surface area contributed by atoms with Gasteiger partial charge in [0.25, 0.3) is 0 Å². The number of nitrogens with one attached hydrogen (secondary N) is 1. The van der Waals surface area contributed by atoms with Crippen LogP contribution in [0.3, 0.4) is 0 Å². The minimum atomic E-state index is 0.470. The SMILES string of the molecule is CC1CCCC(CNCC(c2ccccc2)N(C)C)C1. The van der Waals surface area contributed by atoms with Gasteiger partial charge in [-0.2, -0.15) is 0 Å². The second-order valence-electron chi connectivity index (χ2n) is 6.69. The molecular formula is C18H30N2. The fourth-order valence-corrected chi connectivity index (χ4v) is 3.44. The van der Waals surface area contributed by atoms with E-state index in [0.717, 1.165) is 18.4 Å². The number of nitrogens with zero attached hydrogens (tertiary/aromatic N) is 1. The third-order valence-corrected chi connectivity index (χ3v) is 4.62. The number of hydrogen-bond donors (Lipinski definition) is 1. The number of likely N-dealkylation sites (N-methyl/N-ethyl adjacent to an activating group) is 1. The zero-order chi connectivity index (χ0) is 14.4. The molecule has 20 heavy (non-hydrogen) atoms. The van der Waals surface area contributed by atoms with Crippen molar-refractivity contribution < 1.29 is 0 Å². The van der Waals surface area contributed by atoms with Crippen molar-refractivity contribution in [1.29, 1.82) is 0 Å². The first-order chi connectivity index (χ1) is 9.66. The lowest BCUT2D eigenvalue weighted by molar-refractivity contribution is 0.251. The van der Waals surface area contributed by atoms with Gasteiger partial charge in [0, 0.05) is 12.6 Å². The largest absolute Gasteiger partial charge is 0.315 e. The second-order valence-corrected chi connectivity index (χ2v) is 6.69. The van der Waals surface area contributed by atoms with E-state index < -0.39 is 0 Å². The summed E-state index contributed by atoms with van der Waals surface area (Å²) in [6.07, 6.45) is 5.67. The highest BCUT2D eigenvalue weighted by Crippen LogP contribution is 2.28. The average molecular weight is 274 g/mol. The molecule has 1 fully saturated rings. The molecule has 0 saturated heterocycles. The highest BCUT2D eigenvalue weighted by atomic mass is 15.1. The molecule has 1 aliphatic rings. The van der Waals surface area contributed by atoms with Crippen LogP contribution < -0.4 is 5.32 Å². The van der Waals surface area contributed by atoms with Crippen LogP contribution in [0.5, 0.6) is 0 Å². The highest BCUT2D eigenvalue weighted by Gasteiger charge is 2.19. The molecular weight excluding hydrogens is 244 g/mol. The molecule has 0 aliphatic heterocycles. The molecule has 3 atom stereocenters. The van der Waals surface area contributed by atoms with Crippen molar-refractivity contribution in [1.82, 2.24) is 10.2 Å². The summed E-state index contributed by atoms with van der Waals surface area (Å²) in [5.41, 5.74) is 1.40. The monoisotopic (exact) mass is 274 g/mol. The Morgan fingerprint density at radius 2 is 1.95 bits per heavy atom. The van der Waals surface area contributed by atoms with Gasteiger partial charge >= 0.3 is 0 Å². The maximum absolute atomic E-state index is 3.71. The van der Waals surface area contributed by atoms with Crippen LogP contribution in [-0.4, -0.2) is 32.1 Å². The van der Waals surface area contributed by atoms with Gasteiger partial charge in [0.1, 0.15) is 0 Å². The number of rotatable bonds is 6. The zero-order valence-corrected chi connectivity index (χ0v) is 13.3. The molecule has 2 heteroatoms. The zero-order valence-electron chi connectivity index (χ0n) is 13.3. The standard InChI is InChI=1S/C18H30N2/c1-15-8-7-9-16(12-15)13-19-14-18(20(2)3)17-10-5-4-6-11-17/h4-6,10-11,15-16,18-19H,7-9,12-14H2,1-3H3. The predicted octanol–water partition coefficient (Wildman–Crippen LogP) is 3.71. The van der Waals surface area contributed by atoms with E-state index in [0.29, 0.717) is 6.04 Å². The average Bonchev–Trinajstić information content (AvgIpc) is 2.44. The van der Waals surface area contributed by atoms with Gasteiger partial charge in [0.2, 0.25) is 0 Å². The van der Waals surface area contributed by atoms with Crippen molar-refractivity contribution in [3.8, 4) is 0 Å². The lowest BCUT2D eigenvalue weighted by Crippen LogP contribution is -2.34. The highest BCUT2D eigenvalue weighted by molar-refractivity contribution is 5.19. The van der Waals surface area contributed by atoms with Gasteiger partial charge in [0.05, 0.1) is 0 Å². The molecule has 1 N–H and O–H groups in total. The Morgan fingerprint density at radius 3 is 2.60 bits per heavy atom. The van der Waals surface area contributed by atoms with Gasteiger partial charge in [0.15, 0.2) is 0 Å². The molecule has 2 nitrogen and oxygen atoms in total. The lowest BCUT2D eigenvalue weighted by atomic mass is 9.82. The molecule has 1 aliphatic carbocycles. The molecule has 112 valence electrons. The van der Waals surface area contributed by atoms with E-state index in [-0.39, 0.29) is 0 Å². The molecule has 0 bridgehead atoms. The summed E-state index contributed by atoms with van der Waals surface area (Å²) in [4.78, 5) is 2.31. The Bertz CT molecular complexity index is 374. The molecule has 0 aromatic heterocycles.